The third-order valence-electron chi connectivity index (χ3n) is 10.5. The summed E-state index contributed by atoms with van der Waals surface area (Å²) in [6.45, 7) is 3.73. The zero-order valence-corrected chi connectivity index (χ0v) is 30.9. The van der Waals surface area contributed by atoms with Gasteiger partial charge in [0.1, 0.15) is 23.6 Å². The lowest BCUT2D eigenvalue weighted by Crippen LogP contribution is -2.51. The van der Waals surface area contributed by atoms with Crippen LogP contribution in [0.2, 0.25) is 2.82 Å². The first-order chi connectivity index (χ1) is 26.6. The van der Waals surface area contributed by atoms with E-state index >= 15 is 0 Å². The van der Waals surface area contributed by atoms with E-state index in [9.17, 15) is 36.2 Å². The number of aliphatic hydroxyl groups is 2. The van der Waals surface area contributed by atoms with Crippen molar-refractivity contribution < 1.29 is 39.0 Å². The van der Waals surface area contributed by atoms with Gasteiger partial charge < -0.3 is 21.7 Å². The molecular weight excluding hydrogens is 733 g/mol. The number of hydrogen-bond donors (Lipinski definition) is 8. The fourth-order valence-electron chi connectivity index (χ4n) is 8.20. The number of fused-ring (bicyclic) bond motifs is 2. The summed E-state index contributed by atoms with van der Waals surface area (Å²) < 4.78 is 86.9. The third-order valence-corrected chi connectivity index (χ3v) is 13.4. The van der Waals surface area contributed by atoms with Crippen LogP contribution in [0.4, 0.5) is 0 Å². The van der Waals surface area contributed by atoms with Crippen LogP contribution in [0.25, 0.3) is 22.5 Å². The second-order valence-electron chi connectivity index (χ2n) is 13.4. The van der Waals surface area contributed by atoms with E-state index in [1.54, 1.807) is 48.5 Å². The van der Waals surface area contributed by atoms with Gasteiger partial charge in [0.15, 0.2) is 9.49 Å². The van der Waals surface area contributed by atoms with Crippen LogP contribution in [0.3, 0.4) is 0 Å². The highest BCUT2D eigenvalue weighted by Crippen LogP contribution is 2.53. The summed E-state index contributed by atoms with van der Waals surface area (Å²) in [7, 11) is -10.5. The first kappa shape index (κ1) is 35.9. The van der Waals surface area contributed by atoms with Gasteiger partial charge in [-0.2, -0.15) is 27.1 Å². The smallest absolute Gasteiger partial charge is 0.282 e. The minimum Gasteiger partial charge on any atom is -0.397 e. The molecule has 6 rings (SSSR count). The molecule has 4 atom stereocenters. The van der Waals surface area contributed by atoms with Crippen molar-refractivity contribution in [3.8, 4) is 11.1 Å². The maximum Gasteiger partial charge on any atom is 0.282 e. The third kappa shape index (κ3) is 5.43. The Morgan fingerprint density at radius 3 is 1.35 bits per heavy atom. The van der Waals surface area contributed by atoms with Crippen molar-refractivity contribution in [2.45, 2.75) is 61.2 Å². The van der Waals surface area contributed by atoms with Gasteiger partial charge in [-0.3, -0.25) is 9.11 Å². The molecule has 54 heavy (non-hydrogen) atoms. The second-order valence-corrected chi connectivity index (χ2v) is 16.5. The van der Waals surface area contributed by atoms with Crippen LogP contribution in [-0.4, -0.2) is 48.4 Å². The first-order valence-electron chi connectivity index (χ1n) is 17.9. The van der Waals surface area contributed by atoms with E-state index in [-0.39, 0.29) is 57.6 Å². The molecule has 0 aliphatic heterocycles. The Morgan fingerprint density at radius 2 is 1.02 bits per heavy atom. The number of benzene rings is 4. The fraction of sp³-hybridized carbons (Fsp3) is 0.263. The number of hydrogen-bond acceptors (Lipinski definition) is 12. The molecule has 14 nitrogen and oxygen atoms in total. The Kier molecular flexibility index (Phi) is 9.28. The Bertz CT molecular complexity index is 2400. The van der Waals surface area contributed by atoms with Crippen molar-refractivity contribution >= 4 is 31.6 Å². The Hall–Kier alpha value is -5.10. The van der Waals surface area contributed by atoms with E-state index in [0.29, 0.717) is 35.1 Å². The lowest BCUT2D eigenvalue weighted by Gasteiger charge is -2.42. The molecule has 282 valence electrons. The van der Waals surface area contributed by atoms with Crippen molar-refractivity contribution in [1.29, 1.82) is 11.0 Å². The summed E-state index contributed by atoms with van der Waals surface area (Å²) in [6.07, 6.45) is -2.59. The maximum absolute atomic E-state index is 13.8. The Morgan fingerprint density at radius 1 is 0.648 bits per heavy atom. The molecule has 0 spiro atoms. The van der Waals surface area contributed by atoms with Crippen molar-refractivity contribution in [3.05, 3.63) is 141 Å². The van der Waals surface area contributed by atoms with Gasteiger partial charge in [0.2, 0.25) is 2.82 Å². The van der Waals surface area contributed by atoms with Crippen LogP contribution in [0.5, 0.6) is 0 Å². The highest BCUT2D eigenvalue weighted by atomic mass is 32.2. The summed E-state index contributed by atoms with van der Waals surface area (Å²) >= 11 is 0. The molecule has 2 aliphatic rings. The maximum atomic E-state index is 13.8. The standard InChI is InChI=1S/C38H40N6O8S2/c1-3-9-23-19-21(15-17-27(23)37(53(47,48)49)29-13-7-5-11-25(29)31(39)33(43-41)35(37)45)22-16-18-28(24(20-22)10-4-2)38(54(50,51)52)30-14-8-6-12-26(30)32(40)34(44-42)36(38)46/h5-8,11-20,35-36,41-42,45-46H,3-4,9-10,39-40H2,1-2H3,(H,47,48,49)(H,50,51,52)/b43-41+,44-42+. The number of aliphatic hydroxyl groups excluding tert-OH is 2. The molecule has 4 aromatic rings. The van der Waals surface area contributed by atoms with E-state index in [4.69, 9.17) is 14.3 Å². The predicted molar refractivity (Wildman–Crippen MR) is 202 cm³/mol. The summed E-state index contributed by atoms with van der Waals surface area (Å²) in [5.74, 6) is 0. The highest BCUT2D eigenvalue weighted by Gasteiger charge is 2.60. The minimum atomic E-state index is -5.24. The molecular formula is C38H40N6O8S2. The van der Waals surface area contributed by atoms with Crippen molar-refractivity contribution in [3.63, 3.8) is 0 Å². The SMILES string of the molecule is [H]/N=N/C1=C(N)c2ccccc2C(c2ccc(-c3ccc(C4(S(=O)(=O)O)c5ccccc5C(N)=C(/N=N/[H])C4O)c(CCC)c3)cc2CCC)(S(=O)(=O)O)C1O. The number of aryl methyl sites for hydroxylation is 2. The first-order valence-corrected chi connectivity index (χ1v) is 19.9. The summed E-state index contributed by atoms with van der Waals surface area (Å²) in [4.78, 5) is 0. The number of nitrogens with one attached hydrogen (secondary N) is 2. The topological polar surface area (TPSA) is 274 Å². The van der Waals surface area contributed by atoms with Gasteiger partial charge in [-0.05, 0) is 57.3 Å². The van der Waals surface area contributed by atoms with Crippen molar-refractivity contribution in [2.75, 3.05) is 0 Å². The second kappa shape index (κ2) is 14.0. The molecule has 4 unspecified atom stereocenters. The number of nitrogens with two attached hydrogens (primary N) is 2. The Labute approximate surface area is 315 Å². The molecule has 10 N–H and O–H groups in total. The van der Waals surface area contributed by atoms with Crippen molar-refractivity contribution in [1.82, 2.24) is 0 Å². The molecule has 0 fully saturated rings. The average molecular weight is 773 g/mol. The molecule has 2 aliphatic carbocycles. The van der Waals surface area contributed by atoms with Gasteiger partial charge in [-0.25, -0.2) is 11.0 Å². The molecule has 4 aromatic carbocycles. The molecule has 0 saturated heterocycles. The van der Waals surface area contributed by atoms with Gasteiger partial charge in [0.25, 0.3) is 20.2 Å². The Balaban J connectivity index is 1.61. The average Bonchev–Trinajstić information content (AvgIpc) is 3.15. The lowest BCUT2D eigenvalue weighted by molar-refractivity contribution is 0.162. The lowest BCUT2D eigenvalue weighted by atomic mass is 9.74. The number of rotatable bonds is 11. The molecule has 0 saturated carbocycles. The van der Waals surface area contributed by atoms with Crippen LogP contribution in [0.1, 0.15) is 71.2 Å². The molecule has 0 heterocycles. The highest BCUT2D eigenvalue weighted by molar-refractivity contribution is 7.87. The van der Waals surface area contributed by atoms with Crippen LogP contribution in [0, 0.1) is 11.0 Å². The normalized spacial score (nSPS) is 23.7. The van der Waals surface area contributed by atoms with Crippen LogP contribution >= 0.6 is 0 Å². The molecule has 0 bridgehead atoms. The van der Waals surface area contributed by atoms with E-state index in [0.717, 1.165) is 0 Å². The van der Waals surface area contributed by atoms with Crippen molar-refractivity contribution in [2.24, 2.45) is 21.7 Å². The van der Waals surface area contributed by atoms with E-state index in [1.165, 1.54) is 36.4 Å². The molecule has 0 aromatic heterocycles. The van der Waals surface area contributed by atoms with Crippen LogP contribution < -0.4 is 11.5 Å². The van der Waals surface area contributed by atoms with Crippen LogP contribution in [-0.2, 0) is 42.6 Å². The monoisotopic (exact) mass is 772 g/mol. The van der Waals surface area contributed by atoms with Gasteiger partial charge in [0, 0.05) is 11.1 Å². The molecule has 0 amide bonds. The largest absolute Gasteiger partial charge is 0.397 e. The predicted octanol–water partition coefficient (Wildman–Crippen LogP) is 5.59. The summed E-state index contributed by atoms with van der Waals surface area (Å²) in [5.41, 5.74) is 20.0. The van der Waals surface area contributed by atoms with Gasteiger partial charge >= 0.3 is 0 Å². The molecule has 0 radical (unpaired) electrons. The van der Waals surface area contributed by atoms with Gasteiger partial charge in [0.05, 0.1) is 11.4 Å². The summed E-state index contributed by atoms with van der Waals surface area (Å²) in [5, 5.41) is 31.0. The van der Waals surface area contributed by atoms with Crippen LogP contribution in [0.15, 0.2) is 107 Å². The van der Waals surface area contributed by atoms with Gasteiger partial charge in [-0.1, -0.05) is 112 Å². The minimum absolute atomic E-state index is 0.00282. The quantitative estimate of drug-likeness (QED) is 0.0691. The van der Waals surface area contributed by atoms with Gasteiger partial charge in [-0.15, -0.1) is 0 Å². The summed E-state index contributed by atoms with van der Waals surface area (Å²) in [6, 6.07) is 21.8. The number of nitrogens with zero attached hydrogens (tertiary/aromatic N) is 2. The van der Waals surface area contributed by atoms with E-state index < -0.39 is 53.3 Å². The van der Waals surface area contributed by atoms with E-state index in [2.05, 4.69) is 21.3 Å². The zero-order chi connectivity index (χ0) is 40.8. The van der Waals surface area contributed by atoms with E-state index in [1.807, 2.05) is 13.8 Å². The molecule has 16 heteroatoms. The zero-order valence-electron chi connectivity index (χ0n) is 31.2. The fourth-order valence-corrected chi connectivity index (χ4v) is 10.9.